The Morgan fingerprint density at radius 3 is 2.69 bits per heavy atom. The second-order valence-corrected chi connectivity index (χ2v) is 3.57. The summed E-state index contributed by atoms with van der Waals surface area (Å²) in [6.07, 6.45) is 4.84. The van der Waals surface area contributed by atoms with Crippen LogP contribution in [0.3, 0.4) is 0 Å². The fourth-order valence-corrected chi connectivity index (χ4v) is 1.49. The van der Waals surface area contributed by atoms with E-state index in [1.807, 2.05) is 12.1 Å². The Balaban J connectivity index is 2.59. The van der Waals surface area contributed by atoms with Crippen LogP contribution >= 0.6 is 0 Å². The summed E-state index contributed by atoms with van der Waals surface area (Å²) >= 11 is 0. The van der Waals surface area contributed by atoms with Crippen LogP contribution in [0.5, 0.6) is 5.75 Å². The van der Waals surface area contributed by atoms with E-state index in [2.05, 4.69) is 13.8 Å². The summed E-state index contributed by atoms with van der Waals surface area (Å²) in [6, 6.07) is 5.61. The Bertz CT molecular complexity index is 266. The molecule has 0 radical (unpaired) electrons. The third kappa shape index (κ3) is 3.10. The van der Waals surface area contributed by atoms with Crippen molar-refractivity contribution in [3.63, 3.8) is 0 Å². The summed E-state index contributed by atoms with van der Waals surface area (Å²) in [5.41, 5.74) is 2.57. The number of phenols is 1. The molecule has 1 aromatic carbocycles. The molecule has 0 atom stereocenters. The van der Waals surface area contributed by atoms with E-state index in [0.717, 1.165) is 6.42 Å². The second-order valence-electron chi connectivity index (χ2n) is 3.57. The Hall–Kier alpha value is -0.980. The first kappa shape index (κ1) is 10.1. The van der Waals surface area contributed by atoms with E-state index in [0.29, 0.717) is 5.75 Å². The van der Waals surface area contributed by atoms with Gasteiger partial charge in [-0.3, -0.25) is 0 Å². The van der Waals surface area contributed by atoms with E-state index >= 15 is 0 Å². The summed E-state index contributed by atoms with van der Waals surface area (Å²) in [6.45, 7) is 4.30. The van der Waals surface area contributed by atoms with Gasteiger partial charge in [-0.2, -0.15) is 0 Å². The maximum Gasteiger partial charge on any atom is 0.115 e. The van der Waals surface area contributed by atoms with Crippen molar-refractivity contribution in [2.45, 2.75) is 39.5 Å². The van der Waals surface area contributed by atoms with E-state index in [-0.39, 0.29) is 0 Å². The van der Waals surface area contributed by atoms with Crippen LogP contribution < -0.4 is 0 Å². The van der Waals surface area contributed by atoms with Gasteiger partial charge in [-0.15, -0.1) is 0 Å². The predicted molar refractivity (Wildman–Crippen MR) is 56.1 cm³/mol. The number of aryl methyl sites for hydroxylation is 2. The van der Waals surface area contributed by atoms with Gasteiger partial charge in [-0.1, -0.05) is 25.8 Å². The molecule has 0 aliphatic rings. The first-order chi connectivity index (χ1) is 6.24. The summed E-state index contributed by atoms with van der Waals surface area (Å²) < 4.78 is 0. The maximum absolute atomic E-state index is 9.29. The lowest BCUT2D eigenvalue weighted by Crippen LogP contribution is -1.89. The van der Waals surface area contributed by atoms with Crippen molar-refractivity contribution >= 4 is 0 Å². The van der Waals surface area contributed by atoms with Gasteiger partial charge in [-0.05, 0) is 43.0 Å². The monoisotopic (exact) mass is 178 g/mol. The normalized spacial score (nSPS) is 10.3. The molecule has 0 amide bonds. The van der Waals surface area contributed by atoms with Crippen molar-refractivity contribution in [2.24, 2.45) is 0 Å². The highest BCUT2D eigenvalue weighted by molar-refractivity contribution is 5.33. The lowest BCUT2D eigenvalue weighted by Gasteiger charge is -2.05. The van der Waals surface area contributed by atoms with Crippen LogP contribution in [0.2, 0.25) is 0 Å². The number of hydrogen-bond acceptors (Lipinski definition) is 1. The molecule has 0 unspecified atom stereocenters. The van der Waals surface area contributed by atoms with Gasteiger partial charge in [0, 0.05) is 0 Å². The van der Waals surface area contributed by atoms with Crippen molar-refractivity contribution in [1.29, 1.82) is 0 Å². The number of benzene rings is 1. The van der Waals surface area contributed by atoms with Crippen LogP contribution in [-0.4, -0.2) is 5.11 Å². The molecule has 1 heteroatoms. The quantitative estimate of drug-likeness (QED) is 0.700. The second kappa shape index (κ2) is 4.90. The van der Waals surface area contributed by atoms with Crippen molar-refractivity contribution in [3.05, 3.63) is 29.3 Å². The van der Waals surface area contributed by atoms with E-state index in [1.54, 1.807) is 6.07 Å². The molecule has 0 saturated heterocycles. The molecule has 0 fully saturated rings. The van der Waals surface area contributed by atoms with Crippen LogP contribution in [0, 0.1) is 6.92 Å². The zero-order valence-corrected chi connectivity index (χ0v) is 8.51. The van der Waals surface area contributed by atoms with Gasteiger partial charge in [0.15, 0.2) is 0 Å². The molecule has 0 bridgehead atoms. The van der Waals surface area contributed by atoms with Crippen LogP contribution in [0.4, 0.5) is 0 Å². The minimum absolute atomic E-state index is 0.386. The van der Waals surface area contributed by atoms with Gasteiger partial charge < -0.3 is 5.11 Å². The topological polar surface area (TPSA) is 20.2 Å². The molecule has 1 aromatic rings. The van der Waals surface area contributed by atoms with Gasteiger partial charge in [0.05, 0.1) is 0 Å². The zero-order valence-electron chi connectivity index (χ0n) is 8.51. The molecule has 0 aromatic heterocycles. The highest BCUT2D eigenvalue weighted by atomic mass is 16.3. The highest BCUT2D eigenvalue weighted by Gasteiger charge is 1.98. The first-order valence-electron chi connectivity index (χ1n) is 5.02. The van der Waals surface area contributed by atoms with Gasteiger partial charge in [0.2, 0.25) is 0 Å². The standard InChI is InChI=1S/C12H18O/c1-3-4-5-6-11-9-12(13)8-7-10(11)2/h7-9,13H,3-6H2,1-2H3. The highest BCUT2D eigenvalue weighted by Crippen LogP contribution is 2.17. The average molecular weight is 178 g/mol. The minimum atomic E-state index is 0.386. The van der Waals surface area contributed by atoms with Crippen LogP contribution in [0.15, 0.2) is 18.2 Å². The van der Waals surface area contributed by atoms with E-state index in [1.165, 1.54) is 30.4 Å². The van der Waals surface area contributed by atoms with Crippen molar-refractivity contribution < 1.29 is 5.11 Å². The van der Waals surface area contributed by atoms with Gasteiger partial charge in [0.25, 0.3) is 0 Å². The van der Waals surface area contributed by atoms with Crippen molar-refractivity contribution in [3.8, 4) is 5.75 Å². The predicted octanol–water partition coefficient (Wildman–Crippen LogP) is 3.43. The van der Waals surface area contributed by atoms with Crippen molar-refractivity contribution in [2.75, 3.05) is 0 Å². The number of aromatic hydroxyl groups is 1. The molecule has 0 aliphatic carbocycles. The number of phenolic OH excluding ortho intramolecular Hbond substituents is 1. The zero-order chi connectivity index (χ0) is 9.68. The molecule has 13 heavy (non-hydrogen) atoms. The van der Waals surface area contributed by atoms with Crippen LogP contribution in [-0.2, 0) is 6.42 Å². The van der Waals surface area contributed by atoms with Crippen LogP contribution in [0.25, 0.3) is 0 Å². The van der Waals surface area contributed by atoms with Gasteiger partial charge in [-0.25, -0.2) is 0 Å². The van der Waals surface area contributed by atoms with E-state index < -0.39 is 0 Å². The minimum Gasteiger partial charge on any atom is -0.508 e. The third-order valence-corrected chi connectivity index (χ3v) is 2.38. The molecule has 1 N–H and O–H groups in total. The SMILES string of the molecule is CCCCCc1cc(O)ccc1C. The van der Waals surface area contributed by atoms with Gasteiger partial charge in [0.1, 0.15) is 5.75 Å². The molecule has 1 rings (SSSR count). The van der Waals surface area contributed by atoms with E-state index in [4.69, 9.17) is 0 Å². The van der Waals surface area contributed by atoms with Gasteiger partial charge >= 0.3 is 0 Å². The summed E-state index contributed by atoms with van der Waals surface area (Å²) in [5, 5.41) is 9.29. The molecule has 0 saturated carbocycles. The largest absolute Gasteiger partial charge is 0.508 e. The van der Waals surface area contributed by atoms with E-state index in [9.17, 15) is 5.11 Å². The summed E-state index contributed by atoms with van der Waals surface area (Å²) in [5.74, 6) is 0.386. The molecule has 0 aliphatic heterocycles. The Kier molecular flexibility index (Phi) is 3.81. The number of rotatable bonds is 4. The molecule has 0 heterocycles. The lowest BCUT2D eigenvalue weighted by molar-refractivity contribution is 0.474. The number of hydrogen-bond donors (Lipinski definition) is 1. The Labute approximate surface area is 80.4 Å². The van der Waals surface area contributed by atoms with Crippen molar-refractivity contribution in [1.82, 2.24) is 0 Å². The molecule has 72 valence electrons. The number of unbranched alkanes of at least 4 members (excludes halogenated alkanes) is 2. The molecule has 1 nitrogen and oxygen atoms in total. The Morgan fingerprint density at radius 2 is 2.00 bits per heavy atom. The molecule has 0 spiro atoms. The van der Waals surface area contributed by atoms with Crippen LogP contribution in [0.1, 0.15) is 37.3 Å². The Morgan fingerprint density at radius 1 is 1.23 bits per heavy atom. The average Bonchev–Trinajstić information content (AvgIpc) is 2.11. The fourth-order valence-electron chi connectivity index (χ4n) is 1.49. The lowest BCUT2D eigenvalue weighted by atomic mass is 10.0. The molecular weight excluding hydrogens is 160 g/mol. The third-order valence-electron chi connectivity index (χ3n) is 2.38. The summed E-state index contributed by atoms with van der Waals surface area (Å²) in [7, 11) is 0. The smallest absolute Gasteiger partial charge is 0.115 e. The molecular formula is C12H18O. The fraction of sp³-hybridized carbons (Fsp3) is 0.500. The maximum atomic E-state index is 9.29. The first-order valence-corrected chi connectivity index (χ1v) is 5.02. The summed E-state index contributed by atoms with van der Waals surface area (Å²) in [4.78, 5) is 0.